The van der Waals surface area contributed by atoms with Crippen molar-refractivity contribution in [2.24, 2.45) is 5.41 Å². The number of piperidine rings is 1. The van der Waals surface area contributed by atoms with Gasteiger partial charge in [-0.3, -0.25) is 0 Å². The predicted octanol–water partition coefficient (Wildman–Crippen LogP) is 5.45. The first-order valence-corrected chi connectivity index (χ1v) is 15.1. The highest BCUT2D eigenvalue weighted by Crippen LogP contribution is 2.27. The number of likely N-dealkylation sites (tertiary alicyclic amines) is 1. The van der Waals surface area contributed by atoms with Gasteiger partial charge in [0.15, 0.2) is 0 Å². The third-order valence-corrected chi connectivity index (χ3v) is 9.34. The van der Waals surface area contributed by atoms with E-state index in [9.17, 15) is 13.2 Å². The Morgan fingerprint density at radius 2 is 1.61 bits per heavy atom. The number of ether oxygens (including phenoxy) is 1. The summed E-state index contributed by atoms with van der Waals surface area (Å²) in [6.07, 6.45) is 3.38. The second-order valence-corrected chi connectivity index (χ2v) is 13.6. The van der Waals surface area contributed by atoms with Crippen molar-refractivity contribution < 1.29 is 17.9 Å². The first-order chi connectivity index (χ1) is 18.0. The van der Waals surface area contributed by atoms with Crippen LogP contribution >= 0.6 is 0 Å². The van der Waals surface area contributed by atoms with E-state index in [1.807, 2.05) is 29.2 Å². The van der Waals surface area contributed by atoms with Gasteiger partial charge >= 0.3 is 6.09 Å². The number of carbonyl (C=O) groups is 1. The average molecular weight is 544 g/mol. The summed E-state index contributed by atoms with van der Waals surface area (Å²) in [5.41, 5.74) is 1.30. The van der Waals surface area contributed by atoms with Gasteiger partial charge in [0, 0.05) is 39.3 Å². The molecule has 1 fully saturated rings. The first-order valence-electron chi connectivity index (χ1n) is 13.6. The molecule has 1 heterocycles. The maximum atomic E-state index is 13.2. The summed E-state index contributed by atoms with van der Waals surface area (Å²) in [4.78, 5) is 17.2. The standard InChI is InChI=1S/C30H45N3O4S/c1-30(2,3)19-23-33(29(34)37-5)27-17-21-32(22-18-27)20-16-26(25-12-8-6-9-13-25)24-31(4)38(35,36)28-14-10-7-11-15-28/h6-15,26-27H,16-24H2,1-5H3. The molecule has 1 amide bonds. The van der Waals surface area contributed by atoms with Crippen LogP contribution in [0, 0.1) is 5.41 Å². The summed E-state index contributed by atoms with van der Waals surface area (Å²) < 4.78 is 32.9. The largest absolute Gasteiger partial charge is 0.453 e. The molecule has 1 aliphatic heterocycles. The zero-order chi connectivity index (χ0) is 27.8. The minimum absolute atomic E-state index is 0.0794. The Balaban J connectivity index is 1.61. The fourth-order valence-electron chi connectivity index (χ4n) is 5.06. The van der Waals surface area contributed by atoms with Crippen LogP contribution in [0.15, 0.2) is 65.6 Å². The third-order valence-electron chi connectivity index (χ3n) is 7.50. The molecule has 2 aromatic rings. The topological polar surface area (TPSA) is 70.2 Å². The fourth-order valence-corrected chi connectivity index (χ4v) is 6.30. The fraction of sp³-hybridized carbons (Fsp3) is 0.567. The zero-order valence-electron chi connectivity index (χ0n) is 23.7. The van der Waals surface area contributed by atoms with E-state index in [-0.39, 0.29) is 23.5 Å². The van der Waals surface area contributed by atoms with Crippen molar-refractivity contribution >= 4 is 16.1 Å². The van der Waals surface area contributed by atoms with E-state index in [0.717, 1.165) is 50.9 Å². The molecule has 38 heavy (non-hydrogen) atoms. The summed E-state index contributed by atoms with van der Waals surface area (Å²) in [5.74, 6) is 0.0794. The van der Waals surface area contributed by atoms with Crippen LogP contribution in [-0.4, -0.2) is 81.5 Å². The average Bonchev–Trinajstić information content (AvgIpc) is 2.91. The van der Waals surface area contributed by atoms with Crippen molar-refractivity contribution in [1.82, 2.24) is 14.1 Å². The molecule has 0 N–H and O–H groups in total. The lowest BCUT2D eigenvalue weighted by molar-refractivity contribution is 0.0716. The summed E-state index contributed by atoms with van der Waals surface area (Å²) in [7, 11) is -0.430. The third kappa shape index (κ3) is 8.55. The number of nitrogens with zero attached hydrogens (tertiary/aromatic N) is 3. The lowest BCUT2D eigenvalue weighted by Crippen LogP contribution is -2.48. The molecule has 1 aliphatic rings. The second kappa shape index (κ2) is 13.6. The Labute approximate surface area is 229 Å². The molecular formula is C30H45N3O4S. The molecule has 1 unspecified atom stereocenters. The van der Waals surface area contributed by atoms with E-state index < -0.39 is 10.0 Å². The van der Waals surface area contributed by atoms with Gasteiger partial charge in [0.25, 0.3) is 0 Å². The van der Waals surface area contributed by atoms with E-state index >= 15 is 0 Å². The molecule has 1 saturated heterocycles. The van der Waals surface area contributed by atoms with Gasteiger partial charge in [-0.1, -0.05) is 69.3 Å². The highest BCUT2D eigenvalue weighted by molar-refractivity contribution is 7.89. The molecule has 8 heteroatoms. The monoisotopic (exact) mass is 543 g/mol. The van der Waals surface area contributed by atoms with Crippen molar-refractivity contribution in [1.29, 1.82) is 0 Å². The zero-order valence-corrected chi connectivity index (χ0v) is 24.5. The summed E-state index contributed by atoms with van der Waals surface area (Å²) >= 11 is 0. The molecule has 7 nitrogen and oxygen atoms in total. The van der Waals surface area contributed by atoms with E-state index in [0.29, 0.717) is 18.0 Å². The quantitative estimate of drug-likeness (QED) is 0.377. The maximum absolute atomic E-state index is 13.2. The number of likely N-dealkylation sites (N-methyl/N-ethyl adjacent to an activating group) is 1. The number of benzene rings is 2. The summed E-state index contributed by atoms with van der Waals surface area (Å²) in [6.45, 7) is 10.4. The number of sulfonamides is 1. The maximum Gasteiger partial charge on any atom is 0.409 e. The SMILES string of the molecule is COC(=O)N(CCC(C)(C)C)C1CCN(CCC(CN(C)S(=O)(=O)c2ccccc2)c2ccccc2)CC1. The first kappa shape index (κ1) is 30.1. The van der Waals surface area contributed by atoms with Crippen LogP contribution in [0.25, 0.3) is 0 Å². The van der Waals surface area contributed by atoms with Crippen LogP contribution in [-0.2, 0) is 14.8 Å². The Morgan fingerprint density at radius 3 is 2.16 bits per heavy atom. The number of carbonyl (C=O) groups excluding carboxylic acids is 1. The number of methoxy groups -OCH3 is 1. The molecule has 0 bridgehead atoms. The van der Waals surface area contributed by atoms with Gasteiger partial charge < -0.3 is 14.5 Å². The predicted molar refractivity (Wildman–Crippen MR) is 153 cm³/mol. The summed E-state index contributed by atoms with van der Waals surface area (Å²) in [6, 6.07) is 19.0. The van der Waals surface area contributed by atoms with E-state index in [4.69, 9.17) is 4.74 Å². The Hall–Kier alpha value is -2.42. The van der Waals surface area contributed by atoms with Crippen molar-refractivity contribution in [3.8, 4) is 0 Å². The van der Waals surface area contributed by atoms with Gasteiger partial charge in [0.2, 0.25) is 10.0 Å². The van der Waals surface area contributed by atoms with Crippen LogP contribution in [0.1, 0.15) is 57.9 Å². The molecule has 0 saturated carbocycles. The van der Waals surface area contributed by atoms with Crippen LogP contribution < -0.4 is 0 Å². The highest BCUT2D eigenvalue weighted by atomic mass is 32.2. The number of amides is 1. The Kier molecular flexibility index (Phi) is 10.8. The molecule has 210 valence electrons. The lowest BCUT2D eigenvalue weighted by atomic mass is 9.91. The van der Waals surface area contributed by atoms with Crippen molar-refractivity contribution in [3.63, 3.8) is 0 Å². The molecule has 2 aromatic carbocycles. The molecular weight excluding hydrogens is 498 g/mol. The lowest BCUT2D eigenvalue weighted by Gasteiger charge is -2.39. The minimum Gasteiger partial charge on any atom is -0.453 e. The Bertz CT molecular complexity index is 1100. The van der Waals surface area contributed by atoms with E-state index in [1.165, 1.54) is 11.4 Å². The van der Waals surface area contributed by atoms with Crippen LogP contribution in [0.4, 0.5) is 4.79 Å². The van der Waals surface area contributed by atoms with Gasteiger partial charge in [-0.2, -0.15) is 0 Å². The number of rotatable bonds is 11. The van der Waals surface area contributed by atoms with Crippen LogP contribution in [0.2, 0.25) is 0 Å². The Morgan fingerprint density at radius 1 is 1.03 bits per heavy atom. The molecule has 1 atom stereocenters. The van der Waals surface area contributed by atoms with Gasteiger partial charge in [0.1, 0.15) is 0 Å². The van der Waals surface area contributed by atoms with Crippen LogP contribution in [0.5, 0.6) is 0 Å². The second-order valence-electron chi connectivity index (χ2n) is 11.5. The molecule has 3 rings (SSSR count). The number of hydrogen-bond donors (Lipinski definition) is 0. The molecule has 0 spiro atoms. The number of hydrogen-bond acceptors (Lipinski definition) is 5. The van der Waals surface area contributed by atoms with Gasteiger partial charge in [0.05, 0.1) is 12.0 Å². The van der Waals surface area contributed by atoms with Crippen molar-refractivity contribution in [3.05, 3.63) is 66.2 Å². The van der Waals surface area contributed by atoms with Gasteiger partial charge in [-0.05, 0) is 61.3 Å². The van der Waals surface area contributed by atoms with Crippen LogP contribution in [0.3, 0.4) is 0 Å². The minimum atomic E-state index is -3.56. The summed E-state index contributed by atoms with van der Waals surface area (Å²) in [5, 5.41) is 0. The van der Waals surface area contributed by atoms with E-state index in [2.05, 4.69) is 37.8 Å². The van der Waals surface area contributed by atoms with Gasteiger partial charge in [-0.15, -0.1) is 0 Å². The molecule has 0 radical (unpaired) electrons. The molecule has 0 aliphatic carbocycles. The normalized spacial score (nSPS) is 16.4. The van der Waals surface area contributed by atoms with E-state index in [1.54, 1.807) is 31.3 Å². The smallest absolute Gasteiger partial charge is 0.409 e. The highest BCUT2D eigenvalue weighted by Gasteiger charge is 2.30. The van der Waals surface area contributed by atoms with Crippen molar-refractivity contribution in [2.75, 3.05) is 46.9 Å². The van der Waals surface area contributed by atoms with Gasteiger partial charge in [-0.25, -0.2) is 17.5 Å². The molecule has 0 aromatic heterocycles. The van der Waals surface area contributed by atoms with Crippen molar-refractivity contribution in [2.45, 2.75) is 63.3 Å².